The summed E-state index contributed by atoms with van der Waals surface area (Å²) >= 11 is 0. The van der Waals surface area contributed by atoms with Crippen molar-refractivity contribution in [3.05, 3.63) is 17.8 Å². The maximum atomic E-state index is 12.0. The highest BCUT2D eigenvalue weighted by molar-refractivity contribution is 5.89. The van der Waals surface area contributed by atoms with Crippen molar-refractivity contribution in [2.45, 2.75) is 38.3 Å². The zero-order chi connectivity index (χ0) is 15.9. The number of anilines is 1. The number of aromatic nitrogens is 2. The van der Waals surface area contributed by atoms with Crippen molar-refractivity contribution < 1.29 is 19.1 Å². The normalized spacial score (nSPS) is 18.5. The summed E-state index contributed by atoms with van der Waals surface area (Å²) in [5, 5.41) is 12.9. The average molecular weight is 308 g/mol. The van der Waals surface area contributed by atoms with Gasteiger partial charge in [-0.25, -0.2) is 9.59 Å². The van der Waals surface area contributed by atoms with E-state index in [2.05, 4.69) is 25.6 Å². The van der Waals surface area contributed by atoms with Crippen LogP contribution in [0.5, 0.6) is 0 Å². The van der Waals surface area contributed by atoms with Crippen LogP contribution in [0.1, 0.15) is 36.7 Å². The van der Waals surface area contributed by atoms with E-state index in [1.165, 1.54) is 19.2 Å². The van der Waals surface area contributed by atoms with Crippen LogP contribution >= 0.6 is 0 Å². The number of nitrogens with one attached hydrogen (secondary N) is 2. The number of nitrogens with zero attached hydrogens (tertiary/aromatic N) is 2. The summed E-state index contributed by atoms with van der Waals surface area (Å²) in [6.45, 7) is 2.74. The molecule has 1 aliphatic rings. The molecule has 1 saturated heterocycles. The van der Waals surface area contributed by atoms with Gasteiger partial charge in [0.05, 0.1) is 19.3 Å². The van der Waals surface area contributed by atoms with E-state index in [0.29, 0.717) is 0 Å². The molecule has 2 rings (SSSR count). The number of urea groups is 1. The number of carbonyl (C=O) groups excluding carboxylic acids is 2. The number of methoxy groups -OCH3 is 1. The Balaban J connectivity index is 1.89. The molecule has 120 valence electrons. The first-order valence-corrected chi connectivity index (χ1v) is 7.25. The molecule has 0 aliphatic carbocycles. The molecule has 1 aliphatic heterocycles. The van der Waals surface area contributed by atoms with E-state index in [0.717, 1.165) is 25.9 Å². The third-order valence-corrected chi connectivity index (χ3v) is 3.47. The fourth-order valence-electron chi connectivity index (χ4n) is 2.31. The van der Waals surface area contributed by atoms with E-state index in [9.17, 15) is 9.59 Å². The molecule has 0 aromatic carbocycles. The third-order valence-electron chi connectivity index (χ3n) is 3.47. The molecule has 0 radical (unpaired) electrons. The van der Waals surface area contributed by atoms with E-state index < -0.39 is 5.97 Å². The monoisotopic (exact) mass is 308 g/mol. The lowest BCUT2D eigenvalue weighted by atomic mass is 10.1. The van der Waals surface area contributed by atoms with Gasteiger partial charge < -0.3 is 14.8 Å². The van der Waals surface area contributed by atoms with Crippen LogP contribution in [0.15, 0.2) is 12.1 Å². The lowest BCUT2D eigenvalue weighted by Gasteiger charge is -2.22. The minimum Gasteiger partial charge on any atom is -0.464 e. The number of amides is 2. The van der Waals surface area contributed by atoms with Gasteiger partial charge in [0.25, 0.3) is 0 Å². The number of hydrogen-bond acceptors (Lipinski definition) is 6. The Bertz CT molecular complexity index is 514. The third kappa shape index (κ3) is 4.14. The SMILES string of the molecule is CC[C@@H](NC(=O)Nc1ccc(C(=O)OC)nn1)[C@@H]1CCCO1. The summed E-state index contributed by atoms with van der Waals surface area (Å²) in [7, 11) is 1.26. The molecule has 1 fully saturated rings. The molecule has 22 heavy (non-hydrogen) atoms. The predicted octanol–water partition coefficient (Wildman–Crippen LogP) is 1.34. The molecule has 0 unspecified atom stereocenters. The Morgan fingerprint density at radius 3 is 2.82 bits per heavy atom. The molecule has 2 N–H and O–H groups in total. The van der Waals surface area contributed by atoms with Crippen molar-refractivity contribution in [3.8, 4) is 0 Å². The summed E-state index contributed by atoms with van der Waals surface area (Å²) in [5.41, 5.74) is 0.0826. The number of rotatable bonds is 5. The second-order valence-electron chi connectivity index (χ2n) is 4.96. The molecule has 2 heterocycles. The molecular weight excluding hydrogens is 288 g/mol. The maximum absolute atomic E-state index is 12.0. The van der Waals surface area contributed by atoms with Crippen LogP contribution < -0.4 is 10.6 Å². The van der Waals surface area contributed by atoms with Crippen molar-refractivity contribution >= 4 is 17.8 Å². The van der Waals surface area contributed by atoms with Crippen LogP contribution in [0, 0.1) is 0 Å². The van der Waals surface area contributed by atoms with Gasteiger partial charge in [0, 0.05) is 6.61 Å². The Morgan fingerprint density at radius 2 is 2.27 bits per heavy atom. The Morgan fingerprint density at radius 1 is 1.45 bits per heavy atom. The van der Waals surface area contributed by atoms with E-state index in [4.69, 9.17) is 4.74 Å². The fraction of sp³-hybridized carbons (Fsp3) is 0.571. The molecule has 0 saturated carbocycles. The number of carbonyl (C=O) groups is 2. The van der Waals surface area contributed by atoms with Gasteiger partial charge >= 0.3 is 12.0 Å². The second-order valence-corrected chi connectivity index (χ2v) is 4.96. The summed E-state index contributed by atoms with van der Waals surface area (Å²) in [6, 6.07) is 2.52. The van der Waals surface area contributed by atoms with Gasteiger partial charge in [0.15, 0.2) is 11.5 Å². The van der Waals surface area contributed by atoms with Crippen LogP contribution in [-0.4, -0.2) is 48.1 Å². The van der Waals surface area contributed by atoms with Crippen LogP contribution in [0.2, 0.25) is 0 Å². The van der Waals surface area contributed by atoms with Gasteiger partial charge in [0.1, 0.15) is 0 Å². The van der Waals surface area contributed by atoms with Crippen molar-refractivity contribution in [2.75, 3.05) is 19.0 Å². The number of esters is 1. The number of hydrogen-bond donors (Lipinski definition) is 2. The Labute approximate surface area is 128 Å². The Kier molecular flexibility index (Phi) is 5.65. The minimum absolute atomic E-state index is 0.0372. The lowest BCUT2D eigenvalue weighted by molar-refractivity contribution is 0.0592. The van der Waals surface area contributed by atoms with Gasteiger partial charge in [-0.3, -0.25) is 5.32 Å². The van der Waals surface area contributed by atoms with Crippen molar-refractivity contribution in [2.24, 2.45) is 0 Å². The van der Waals surface area contributed by atoms with E-state index in [1.54, 1.807) is 0 Å². The van der Waals surface area contributed by atoms with Gasteiger partial charge in [-0.15, -0.1) is 10.2 Å². The summed E-state index contributed by atoms with van der Waals surface area (Å²) in [4.78, 5) is 23.2. The highest BCUT2D eigenvalue weighted by Gasteiger charge is 2.26. The highest BCUT2D eigenvalue weighted by Crippen LogP contribution is 2.17. The first-order chi connectivity index (χ1) is 10.6. The van der Waals surface area contributed by atoms with Crippen molar-refractivity contribution in [3.63, 3.8) is 0 Å². The second kappa shape index (κ2) is 7.69. The molecule has 1 aromatic heterocycles. The van der Waals surface area contributed by atoms with Crippen molar-refractivity contribution in [1.29, 1.82) is 0 Å². The molecule has 8 heteroatoms. The molecule has 2 amide bonds. The summed E-state index contributed by atoms with van der Waals surface area (Å²) in [5.74, 6) is -0.319. The predicted molar refractivity (Wildman–Crippen MR) is 78.6 cm³/mol. The van der Waals surface area contributed by atoms with Crippen LogP contribution in [-0.2, 0) is 9.47 Å². The van der Waals surface area contributed by atoms with Gasteiger partial charge in [-0.1, -0.05) is 6.92 Å². The van der Waals surface area contributed by atoms with E-state index in [1.807, 2.05) is 6.92 Å². The average Bonchev–Trinajstić information content (AvgIpc) is 3.06. The lowest BCUT2D eigenvalue weighted by Crippen LogP contribution is -2.44. The smallest absolute Gasteiger partial charge is 0.358 e. The van der Waals surface area contributed by atoms with Crippen LogP contribution in [0.4, 0.5) is 10.6 Å². The minimum atomic E-state index is -0.576. The van der Waals surface area contributed by atoms with Crippen LogP contribution in [0.3, 0.4) is 0 Å². The standard InChI is InChI=1S/C14H20N4O4/c1-3-9(11-5-4-8-22-11)15-14(20)16-12-7-6-10(17-18-12)13(19)21-2/h6-7,9,11H,3-5,8H2,1-2H3,(H2,15,16,18,20)/t9-,11+/m1/s1. The summed E-state index contributed by atoms with van der Waals surface area (Å²) in [6.07, 6.45) is 2.81. The molecule has 2 atom stereocenters. The quantitative estimate of drug-likeness (QED) is 0.796. The van der Waals surface area contributed by atoms with E-state index >= 15 is 0 Å². The number of ether oxygens (including phenoxy) is 2. The highest BCUT2D eigenvalue weighted by atomic mass is 16.5. The first-order valence-electron chi connectivity index (χ1n) is 7.25. The maximum Gasteiger partial charge on any atom is 0.358 e. The van der Waals surface area contributed by atoms with Gasteiger partial charge in [-0.05, 0) is 31.4 Å². The van der Waals surface area contributed by atoms with Crippen LogP contribution in [0.25, 0.3) is 0 Å². The largest absolute Gasteiger partial charge is 0.464 e. The molecular formula is C14H20N4O4. The van der Waals surface area contributed by atoms with Crippen molar-refractivity contribution in [1.82, 2.24) is 15.5 Å². The summed E-state index contributed by atoms with van der Waals surface area (Å²) < 4.78 is 10.1. The topological polar surface area (TPSA) is 102 Å². The first kappa shape index (κ1) is 16.2. The van der Waals surface area contributed by atoms with Gasteiger partial charge in [-0.2, -0.15) is 0 Å². The molecule has 8 nitrogen and oxygen atoms in total. The van der Waals surface area contributed by atoms with E-state index in [-0.39, 0.29) is 29.7 Å². The molecule has 0 bridgehead atoms. The fourth-order valence-corrected chi connectivity index (χ4v) is 2.31. The molecule has 0 spiro atoms. The molecule has 1 aromatic rings. The zero-order valence-electron chi connectivity index (χ0n) is 12.7. The zero-order valence-corrected chi connectivity index (χ0v) is 12.7. The van der Waals surface area contributed by atoms with Gasteiger partial charge in [0.2, 0.25) is 0 Å². The Hall–Kier alpha value is -2.22.